The van der Waals surface area contributed by atoms with E-state index in [1.165, 1.54) is 6.08 Å². The minimum Gasteiger partial charge on any atom is -0.465 e. The molecule has 24 heavy (non-hydrogen) atoms. The number of esters is 1. The highest BCUT2D eigenvalue weighted by molar-refractivity contribution is 7.93. The maximum atomic E-state index is 12.1. The molecule has 0 spiro atoms. The predicted molar refractivity (Wildman–Crippen MR) is 87.5 cm³/mol. The topological polar surface area (TPSA) is 113 Å². The zero-order valence-corrected chi connectivity index (χ0v) is 14.0. The molecule has 0 aromatic heterocycles. The Hall–Kier alpha value is -2.66. The largest absolute Gasteiger partial charge is 0.465 e. The molecule has 1 N–H and O–H groups in total. The van der Waals surface area contributed by atoms with Gasteiger partial charge in [-0.25, -0.2) is 13.1 Å². The number of nitrogens with one attached hydrogen (secondary N) is 1. The molecule has 1 rings (SSSR count). The lowest BCUT2D eigenvalue weighted by molar-refractivity contribution is -0.151. The lowest BCUT2D eigenvalue weighted by Gasteiger charge is -2.13. The second kappa shape index (κ2) is 9.47. The molecule has 0 saturated heterocycles. The second-order valence-corrected chi connectivity index (χ2v) is 6.29. The molecule has 0 bridgehead atoms. The van der Waals surface area contributed by atoms with E-state index in [1.54, 1.807) is 37.3 Å². The molecule has 0 fully saturated rings. The van der Waals surface area contributed by atoms with Crippen LogP contribution in [0.1, 0.15) is 25.3 Å². The summed E-state index contributed by atoms with van der Waals surface area (Å²) in [6, 6.07) is 10.5. The van der Waals surface area contributed by atoms with Crippen molar-refractivity contribution in [2.24, 2.45) is 5.92 Å². The maximum Gasteiger partial charge on any atom is 0.318 e. The lowest BCUT2D eigenvalue weighted by Crippen LogP contribution is -2.39. The van der Waals surface area contributed by atoms with E-state index in [4.69, 9.17) is 10.00 Å². The van der Waals surface area contributed by atoms with E-state index < -0.39 is 27.8 Å². The molecule has 8 heteroatoms. The van der Waals surface area contributed by atoms with Gasteiger partial charge in [0.2, 0.25) is 5.91 Å². The third kappa shape index (κ3) is 6.62. The fourth-order valence-corrected chi connectivity index (χ4v) is 2.61. The average molecular weight is 350 g/mol. The molecule has 0 radical (unpaired) electrons. The Morgan fingerprint density at radius 3 is 2.58 bits per heavy atom. The number of carbonyl (C=O) groups is 2. The summed E-state index contributed by atoms with van der Waals surface area (Å²) in [5, 5.41) is 9.43. The molecule has 0 saturated carbocycles. The number of hydrogen-bond donors (Lipinski definition) is 1. The van der Waals surface area contributed by atoms with Crippen molar-refractivity contribution >= 4 is 28.0 Å². The number of rotatable bonds is 8. The molecule has 1 amide bonds. The van der Waals surface area contributed by atoms with Crippen molar-refractivity contribution in [3.05, 3.63) is 41.3 Å². The van der Waals surface area contributed by atoms with Gasteiger partial charge in [0.05, 0.1) is 18.1 Å². The highest BCUT2D eigenvalue weighted by Crippen LogP contribution is 2.11. The summed E-state index contributed by atoms with van der Waals surface area (Å²) in [6.45, 7) is 1.62. The van der Waals surface area contributed by atoms with Crippen molar-refractivity contribution in [2.45, 2.75) is 19.8 Å². The van der Waals surface area contributed by atoms with Crippen LogP contribution in [0.2, 0.25) is 0 Å². The first kappa shape index (κ1) is 19.4. The number of benzene rings is 1. The first-order chi connectivity index (χ1) is 11.4. The third-order valence-corrected chi connectivity index (χ3v) is 3.89. The van der Waals surface area contributed by atoms with E-state index >= 15 is 0 Å². The Morgan fingerprint density at radius 2 is 2.00 bits per heavy atom. The summed E-state index contributed by atoms with van der Waals surface area (Å²) in [7, 11) is -4.07. The van der Waals surface area contributed by atoms with Gasteiger partial charge in [-0.05, 0) is 25.0 Å². The van der Waals surface area contributed by atoms with E-state index in [0.29, 0.717) is 5.56 Å². The van der Waals surface area contributed by atoms with Crippen LogP contribution in [0, 0.1) is 17.2 Å². The SMILES string of the molecule is CCOC(=O)C(CCC#N)C(=O)NS(=O)(=O)/C=C/c1ccccc1. The summed E-state index contributed by atoms with van der Waals surface area (Å²) in [4.78, 5) is 23.8. The monoisotopic (exact) mass is 350 g/mol. The van der Waals surface area contributed by atoms with Crippen LogP contribution in [0.25, 0.3) is 6.08 Å². The summed E-state index contributed by atoms with van der Waals surface area (Å²) in [5.74, 6) is -3.21. The van der Waals surface area contributed by atoms with Crippen molar-refractivity contribution in [1.29, 1.82) is 5.26 Å². The summed E-state index contributed by atoms with van der Waals surface area (Å²) >= 11 is 0. The van der Waals surface area contributed by atoms with Crippen LogP contribution in [-0.2, 0) is 24.3 Å². The Kier molecular flexibility index (Phi) is 7.65. The zero-order valence-electron chi connectivity index (χ0n) is 13.1. The van der Waals surface area contributed by atoms with Crippen molar-refractivity contribution in [3.63, 3.8) is 0 Å². The predicted octanol–water partition coefficient (Wildman–Crippen LogP) is 1.59. The second-order valence-electron chi connectivity index (χ2n) is 4.73. The van der Waals surface area contributed by atoms with Gasteiger partial charge < -0.3 is 4.74 Å². The van der Waals surface area contributed by atoms with Crippen LogP contribution in [0.5, 0.6) is 0 Å². The van der Waals surface area contributed by atoms with E-state index in [1.807, 2.05) is 10.8 Å². The molecule has 1 unspecified atom stereocenters. The molecule has 1 aromatic rings. The van der Waals surface area contributed by atoms with Crippen LogP contribution in [-0.4, -0.2) is 26.9 Å². The number of carbonyl (C=O) groups excluding carboxylic acids is 2. The zero-order chi connectivity index (χ0) is 18.0. The number of nitrogens with zero attached hydrogens (tertiary/aromatic N) is 1. The van der Waals surface area contributed by atoms with E-state index in [0.717, 1.165) is 5.41 Å². The molecule has 1 aromatic carbocycles. The quantitative estimate of drug-likeness (QED) is 0.562. The molecular weight excluding hydrogens is 332 g/mol. The highest BCUT2D eigenvalue weighted by atomic mass is 32.2. The first-order valence-corrected chi connectivity index (χ1v) is 8.77. The molecule has 0 heterocycles. The van der Waals surface area contributed by atoms with Gasteiger partial charge in [-0.1, -0.05) is 30.3 Å². The van der Waals surface area contributed by atoms with Gasteiger partial charge in [0.25, 0.3) is 10.0 Å². The van der Waals surface area contributed by atoms with Gasteiger partial charge in [0, 0.05) is 6.42 Å². The van der Waals surface area contributed by atoms with Crippen LogP contribution in [0.3, 0.4) is 0 Å². The molecule has 7 nitrogen and oxygen atoms in total. The molecule has 0 aliphatic carbocycles. The summed E-state index contributed by atoms with van der Waals surface area (Å²) in [6.07, 6.45) is 1.14. The normalized spacial score (nSPS) is 12.3. The van der Waals surface area contributed by atoms with Crippen LogP contribution in [0.15, 0.2) is 35.7 Å². The number of ether oxygens (including phenoxy) is 1. The van der Waals surface area contributed by atoms with Gasteiger partial charge in [-0.15, -0.1) is 0 Å². The minimum atomic E-state index is -4.07. The van der Waals surface area contributed by atoms with Crippen molar-refractivity contribution in [3.8, 4) is 6.07 Å². The average Bonchev–Trinajstić information content (AvgIpc) is 2.54. The third-order valence-electron chi connectivity index (χ3n) is 2.91. The molecule has 0 aliphatic heterocycles. The van der Waals surface area contributed by atoms with Crippen LogP contribution < -0.4 is 4.72 Å². The Labute approximate surface area is 141 Å². The smallest absolute Gasteiger partial charge is 0.318 e. The van der Waals surface area contributed by atoms with E-state index in [2.05, 4.69) is 0 Å². The Balaban J connectivity index is 2.82. The fraction of sp³-hybridized carbons (Fsp3) is 0.312. The number of amides is 1. The standard InChI is InChI=1S/C16H18N2O5S/c1-2-23-16(20)14(9-6-11-17)15(19)18-24(21,22)12-10-13-7-4-3-5-8-13/h3-5,7-8,10,12,14H,2,6,9H2,1H3,(H,18,19)/b12-10+. The lowest BCUT2D eigenvalue weighted by atomic mass is 10.0. The van der Waals surface area contributed by atoms with Gasteiger partial charge in [0.1, 0.15) is 5.92 Å². The van der Waals surface area contributed by atoms with Gasteiger partial charge in [0.15, 0.2) is 0 Å². The van der Waals surface area contributed by atoms with Gasteiger partial charge >= 0.3 is 5.97 Å². The summed E-state index contributed by atoms with van der Waals surface area (Å²) in [5.41, 5.74) is 0.641. The number of sulfonamides is 1. The molecular formula is C16H18N2O5S. The van der Waals surface area contributed by atoms with Crippen LogP contribution in [0.4, 0.5) is 0 Å². The minimum absolute atomic E-state index is 0.0514. The van der Waals surface area contributed by atoms with E-state index in [-0.39, 0.29) is 19.4 Å². The van der Waals surface area contributed by atoms with Crippen molar-refractivity contribution < 1.29 is 22.7 Å². The van der Waals surface area contributed by atoms with Crippen LogP contribution >= 0.6 is 0 Å². The Morgan fingerprint density at radius 1 is 1.33 bits per heavy atom. The molecule has 0 aliphatic rings. The molecule has 1 atom stereocenters. The maximum absolute atomic E-state index is 12.1. The van der Waals surface area contributed by atoms with Gasteiger partial charge in [-0.2, -0.15) is 5.26 Å². The van der Waals surface area contributed by atoms with Gasteiger partial charge in [-0.3, -0.25) is 9.59 Å². The van der Waals surface area contributed by atoms with Crippen molar-refractivity contribution in [1.82, 2.24) is 4.72 Å². The fourth-order valence-electron chi connectivity index (χ4n) is 1.79. The van der Waals surface area contributed by atoms with Crippen molar-refractivity contribution in [2.75, 3.05) is 6.61 Å². The Bertz CT molecular complexity index is 735. The summed E-state index contributed by atoms with van der Waals surface area (Å²) < 4.78 is 30.4. The highest BCUT2D eigenvalue weighted by Gasteiger charge is 2.29. The molecule has 128 valence electrons. The first-order valence-electron chi connectivity index (χ1n) is 7.23. The van der Waals surface area contributed by atoms with E-state index in [9.17, 15) is 18.0 Å². The number of hydrogen-bond acceptors (Lipinski definition) is 6. The number of nitriles is 1.